The van der Waals surface area contributed by atoms with Crippen molar-refractivity contribution in [1.29, 1.82) is 0 Å². The van der Waals surface area contributed by atoms with Gasteiger partial charge in [0.05, 0.1) is 12.7 Å². The smallest absolute Gasteiger partial charge is 0.255 e. The van der Waals surface area contributed by atoms with Crippen molar-refractivity contribution in [2.24, 2.45) is 0 Å². The molecule has 16 heavy (non-hydrogen) atoms. The highest BCUT2D eigenvalue weighted by Crippen LogP contribution is 2.22. The summed E-state index contributed by atoms with van der Waals surface area (Å²) in [6.07, 6.45) is 0.844. The topological polar surface area (TPSA) is 58.6 Å². The summed E-state index contributed by atoms with van der Waals surface area (Å²) < 4.78 is 5.00. The fourth-order valence-electron chi connectivity index (χ4n) is 1.23. The van der Waals surface area contributed by atoms with E-state index in [4.69, 9.17) is 4.74 Å². The molecule has 0 radical (unpaired) electrons. The van der Waals surface area contributed by atoms with Gasteiger partial charge in [-0.15, -0.1) is 0 Å². The summed E-state index contributed by atoms with van der Waals surface area (Å²) >= 11 is 0. The Morgan fingerprint density at radius 2 is 2.25 bits per heavy atom. The molecule has 1 rings (SSSR count). The lowest BCUT2D eigenvalue weighted by Crippen LogP contribution is -2.31. The number of ether oxygens (including phenoxy) is 1. The Morgan fingerprint density at radius 1 is 1.56 bits per heavy atom. The second kappa shape index (κ2) is 5.39. The van der Waals surface area contributed by atoms with Gasteiger partial charge in [0.15, 0.2) is 0 Å². The third-order valence-corrected chi connectivity index (χ3v) is 2.44. The molecule has 1 aromatic rings. The molecule has 0 saturated heterocycles. The Bertz CT molecular complexity index is 377. The number of rotatable bonds is 4. The Hall–Kier alpha value is -1.71. The lowest BCUT2D eigenvalue weighted by atomic mass is 10.1. The second-order valence-corrected chi connectivity index (χ2v) is 3.67. The van der Waals surface area contributed by atoms with Crippen LogP contribution in [0.1, 0.15) is 30.6 Å². The SMILES string of the molecule is CCC(C)NC(=O)c1cc(OC)ccc1O. The fourth-order valence-corrected chi connectivity index (χ4v) is 1.23. The van der Waals surface area contributed by atoms with Crippen LogP contribution in [0.3, 0.4) is 0 Å². The molecule has 4 nitrogen and oxygen atoms in total. The normalized spacial score (nSPS) is 11.9. The van der Waals surface area contributed by atoms with Crippen LogP contribution in [0.15, 0.2) is 18.2 Å². The van der Waals surface area contributed by atoms with Crippen molar-refractivity contribution in [2.45, 2.75) is 26.3 Å². The third kappa shape index (κ3) is 2.89. The van der Waals surface area contributed by atoms with Crippen molar-refractivity contribution >= 4 is 5.91 Å². The maximum atomic E-state index is 11.8. The van der Waals surface area contributed by atoms with E-state index in [9.17, 15) is 9.90 Å². The summed E-state index contributed by atoms with van der Waals surface area (Å²) in [4.78, 5) is 11.8. The number of aromatic hydroxyl groups is 1. The summed E-state index contributed by atoms with van der Waals surface area (Å²) in [7, 11) is 1.52. The highest BCUT2D eigenvalue weighted by atomic mass is 16.5. The van der Waals surface area contributed by atoms with Gasteiger partial charge in [0.25, 0.3) is 5.91 Å². The van der Waals surface area contributed by atoms with Crippen LogP contribution in [0.2, 0.25) is 0 Å². The molecule has 0 spiro atoms. The van der Waals surface area contributed by atoms with Crippen molar-refractivity contribution < 1.29 is 14.6 Å². The maximum Gasteiger partial charge on any atom is 0.255 e. The largest absolute Gasteiger partial charge is 0.507 e. The lowest BCUT2D eigenvalue weighted by Gasteiger charge is -2.12. The molecule has 0 aliphatic heterocycles. The van der Waals surface area contributed by atoms with E-state index < -0.39 is 0 Å². The zero-order valence-electron chi connectivity index (χ0n) is 9.78. The predicted molar refractivity (Wildman–Crippen MR) is 61.9 cm³/mol. The molecule has 2 N–H and O–H groups in total. The number of phenolic OH excluding ortho intramolecular Hbond substituents is 1. The first kappa shape index (κ1) is 12.4. The Balaban J connectivity index is 2.89. The molecule has 0 aliphatic rings. The van der Waals surface area contributed by atoms with E-state index >= 15 is 0 Å². The number of nitrogens with one attached hydrogen (secondary N) is 1. The van der Waals surface area contributed by atoms with Gasteiger partial charge >= 0.3 is 0 Å². The molecule has 1 atom stereocenters. The Morgan fingerprint density at radius 3 is 2.81 bits per heavy atom. The number of phenols is 1. The summed E-state index contributed by atoms with van der Waals surface area (Å²) in [5.41, 5.74) is 0.236. The van der Waals surface area contributed by atoms with Crippen molar-refractivity contribution in [3.8, 4) is 11.5 Å². The first-order valence-corrected chi connectivity index (χ1v) is 5.26. The summed E-state index contributed by atoms with van der Waals surface area (Å²) in [5, 5.41) is 12.4. The van der Waals surface area contributed by atoms with Crippen LogP contribution in [-0.2, 0) is 0 Å². The molecule has 88 valence electrons. The molecular weight excluding hydrogens is 206 g/mol. The van der Waals surface area contributed by atoms with Crippen molar-refractivity contribution in [3.05, 3.63) is 23.8 Å². The maximum absolute atomic E-state index is 11.8. The number of carbonyl (C=O) groups is 1. The van der Waals surface area contributed by atoms with Crippen LogP contribution >= 0.6 is 0 Å². The van der Waals surface area contributed by atoms with E-state index in [0.29, 0.717) is 5.75 Å². The molecule has 0 heterocycles. The number of amides is 1. The fraction of sp³-hybridized carbons (Fsp3) is 0.417. The van der Waals surface area contributed by atoms with Gasteiger partial charge in [-0.1, -0.05) is 6.92 Å². The Kier molecular flexibility index (Phi) is 4.17. The van der Waals surface area contributed by atoms with Gasteiger partial charge in [0.1, 0.15) is 11.5 Å². The van der Waals surface area contributed by atoms with Crippen LogP contribution in [0.4, 0.5) is 0 Å². The molecule has 1 unspecified atom stereocenters. The van der Waals surface area contributed by atoms with Gasteiger partial charge in [-0.05, 0) is 31.5 Å². The van der Waals surface area contributed by atoms with E-state index in [-0.39, 0.29) is 23.3 Å². The van der Waals surface area contributed by atoms with E-state index in [2.05, 4.69) is 5.32 Å². The minimum Gasteiger partial charge on any atom is -0.507 e. The monoisotopic (exact) mass is 223 g/mol. The molecule has 0 aromatic heterocycles. The molecular formula is C12H17NO3. The summed E-state index contributed by atoms with van der Waals surface area (Å²) in [6.45, 7) is 3.89. The minimum atomic E-state index is -0.286. The number of hydrogen-bond acceptors (Lipinski definition) is 3. The van der Waals surface area contributed by atoms with Gasteiger partial charge in [0, 0.05) is 6.04 Å². The van der Waals surface area contributed by atoms with Crippen molar-refractivity contribution in [2.75, 3.05) is 7.11 Å². The number of carbonyl (C=O) groups excluding carboxylic acids is 1. The molecule has 0 saturated carbocycles. The summed E-state index contributed by atoms with van der Waals surface area (Å²) in [5.74, 6) is 0.222. The van der Waals surface area contributed by atoms with Gasteiger partial charge in [-0.2, -0.15) is 0 Å². The highest BCUT2D eigenvalue weighted by Gasteiger charge is 2.13. The highest BCUT2D eigenvalue weighted by molar-refractivity contribution is 5.97. The number of hydrogen-bond donors (Lipinski definition) is 2. The molecule has 1 aromatic carbocycles. The third-order valence-electron chi connectivity index (χ3n) is 2.44. The van der Waals surface area contributed by atoms with Crippen LogP contribution in [0.5, 0.6) is 11.5 Å². The minimum absolute atomic E-state index is 0.0402. The standard InChI is InChI=1S/C12H17NO3/c1-4-8(2)13-12(15)10-7-9(16-3)5-6-11(10)14/h5-8,14H,4H2,1-3H3,(H,13,15). The average Bonchev–Trinajstić information content (AvgIpc) is 2.29. The lowest BCUT2D eigenvalue weighted by molar-refractivity contribution is 0.0936. The first-order chi connectivity index (χ1) is 7.58. The van der Waals surface area contributed by atoms with E-state index in [0.717, 1.165) is 6.42 Å². The number of benzene rings is 1. The number of methoxy groups -OCH3 is 1. The Labute approximate surface area is 95.2 Å². The quantitative estimate of drug-likeness (QED) is 0.820. The van der Waals surface area contributed by atoms with Crippen LogP contribution in [0, 0.1) is 0 Å². The second-order valence-electron chi connectivity index (χ2n) is 3.67. The van der Waals surface area contributed by atoms with Gasteiger partial charge in [0.2, 0.25) is 0 Å². The molecule has 0 bridgehead atoms. The molecule has 4 heteroatoms. The van der Waals surface area contributed by atoms with Crippen LogP contribution < -0.4 is 10.1 Å². The van der Waals surface area contributed by atoms with Gasteiger partial charge in [-0.3, -0.25) is 4.79 Å². The molecule has 1 amide bonds. The van der Waals surface area contributed by atoms with Crippen molar-refractivity contribution in [1.82, 2.24) is 5.32 Å². The first-order valence-electron chi connectivity index (χ1n) is 5.26. The van der Waals surface area contributed by atoms with Gasteiger partial charge < -0.3 is 15.2 Å². The van der Waals surface area contributed by atoms with E-state index in [1.54, 1.807) is 6.07 Å². The van der Waals surface area contributed by atoms with Crippen LogP contribution in [-0.4, -0.2) is 24.2 Å². The van der Waals surface area contributed by atoms with Crippen LogP contribution in [0.25, 0.3) is 0 Å². The van der Waals surface area contributed by atoms with E-state index in [1.807, 2.05) is 13.8 Å². The van der Waals surface area contributed by atoms with Gasteiger partial charge in [-0.25, -0.2) is 0 Å². The van der Waals surface area contributed by atoms with Crippen molar-refractivity contribution in [3.63, 3.8) is 0 Å². The average molecular weight is 223 g/mol. The zero-order chi connectivity index (χ0) is 12.1. The zero-order valence-corrected chi connectivity index (χ0v) is 9.78. The molecule has 0 aliphatic carbocycles. The summed E-state index contributed by atoms with van der Waals surface area (Å²) in [6, 6.07) is 4.66. The molecule has 0 fully saturated rings. The van der Waals surface area contributed by atoms with E-state index in [1.165, 1.54) is 19.2 Å². The predicted octanol–water partition coefficient (Wildman–Crippen LogP) is 1.93.